The molecule has 0 saturated carbocycles. The number of anilines is 1. The van der Waals surface area contributed by atoms with Crippen LogP contribution in [-0.2, 0) is 24.2 Å². The zero-order valence-electron chi connectivity index (χ0n) is 16.6. The van der Waals surface area contributed by atoms with Gasteiger partial charge in [-0.15, -0.1) is 32.9 Å². The number of carbonyl (C=O) groups excluding carboxylic acids is 1. The maximum Gasteiger partial charge on any atom is 0.248 e. The van der Waals surface area contributed by atoms with E-state index < -0.39 is 0 Å². The van der Waals surface area contributed by atoms with E-state index in [4.69, 9.17) is 0 Å². The van der Waals surface area contributed by atoms with Crippen molar-refractivity contribution in [1.82, 2.24) is 20.2 Å². The normalized spacial score (nSPS) is 16.3. The number of hydrogen-bond donors (Lipinski definition) is 1. The van der Waals surface area contributed by atoms with Crippen molar-refractivity contribution in [3.05, 3.63) is 33.5 Å². The number of nitrogens with one attached hydrogen (secondary N) is 1. The van der Waals surface area contributed by atoms with Crippen LogP contribution in [0.4, 0.5) is 5.00 Å². The summed E-state index contributed by atoms with van der Waals surface area (Å²) in [5, 5.41) is 27.4. The Bertz CT molecular complexity index is 1070. The molecular weight excluding hydrogens is 404 g/mol. The number of hydrogen-bond acceptors (Lipinski definition) is 7. The Morgan fingerprint density at radius 3 is 2.97 bits per heavy atom. The molecule has 0 aromatic carbocycles. The summed E-state index contributed by atoms with van der Waals surface area (Å²) in [6, 6.07) is 6.12. The van der Waals surface area contributed by atoms with Crippen LogP contribution < -0.4 is 5.32 Å². The van der Waals surface area contributed by atoms with Gasteiger partial charge in [0.1, 0.15) is 17.6 Å². The quantitative estimate of drug-likeness (QED) is 0.677. The molecule has 0 fully saturated rings. The fourth-order valence-electron chi connectivity index (χ4n) is 3.64. The van der Waals surface area contributed by atoms with Crippen LogP contribution in [0.5, 0.6) is 0 Å². The van der Waals surface area contributed by atoms with Crippen molar-refractivity contribution in [1.29, 1.82) is 5.26 Å². The molecule has 3 aromatic rings. The summed E-state index contributed by atoms with van der Waals surface area (Å²) in [6.45, 7) is 6.75. The van der Waals surface area contributed by atoms with E-state index in [1.54, 1.807) is 0 Å². The van der Waals surface area contributed by atoms with Crippen molar-refractivity contribution in [3.8, 4) is 16.8 Å². The van der Waals surface area contributed by atoms with E-state index in [2.05, 4.69) is 47.6 Å². The number of amides is 1. The van der Waals surface area contributed by atoms with E-state index in [0.29, 0.717) is 22.3 Å². The third-order valence-corrected chi connectivity index (χ3v) is 7.37. The highest BCUT2D eigenvalue weighted by molar-refractivity contribution is 7.16. The molecule has 1 atom stereocenters. The third kappa shape index (κ3) is 4.09. The molecule has 0 unspecified atom stereocenters. The Hall–Kier alpha value is -2.57. The summed E-state index contributed by atoms with van der Waals surface area (Å²) in [7, 11) is 0. The summed E-state index contributed by atoms with van der Waals surface area (Å²) < 4.78 is 0. The van der Waals surface area contributed by atoms with Gasteiger partial charge < -0.3 is 5.32 Å². The zero-order chi connectivity index (χ0) is 20.6. The molecule has 1 aliphatic carbocycles. The maximum atomic E-state index is 12.5. The summed E-state index contributed by atoms with van der Waals surface area (Å²) in [6.07, 6.45) is 2.92. The number of thiophene rings is 2. The molecule has 1 amide bonds. The Morgan fingerprint density at radius 2 is 2.28 bits per heavy atom. The molecular formula is C20H22N6OS2. The van der Waals surface area contributed by atoms with Gasteiger partial charge in [0.15, 0.2) is 0 Å². The second-order valence-corrected chi connectivity index (χ2v) is 10.3. The minimum atomic E-state index is -0.261. The Kier molecular flexibility index (Phi) is 5.23. The lowest BCUT2D eigenvalue weighted by Gasteiger charge is -2.33. The molecule has 150 valence electrons. The first kappa shape index (κ1) is 19.7. The molecule has 0 aliphatic heterocycles. The van der Waals surface area contributed by atoms with E-state index in [1.165, 1.54) is 32.3 Å². The van der Waals surface area contributed by atoms with Crippen LogP contribution in [0, 0.1) is 22.7 Å². The SMILES string of the molecule is CC(C)(C)[C@@H]1CCc2c(sc(NC(=O)Cn3nnc(-c4cccs4)n3)c2C#N)C1. The molecule has 7 nitrogen and oxygen atoms in total. The van der Waals surface area contributed by atoms with Gasteiger partial charge in [0.05, 0.1) is 10.4 Å². The van der Waals surface area contributed by atoms with E-state index in [-0.39, 0.29) is 17.9 Å². The second-order valence-electron chi connectivity index (χ2n) is 8.29. The van der Waals surface area contributed by atoms with Gasteiger partial charge in [-0.25, -0.2) is 0 Å². The molecule has 0 saturated heterocycles. The van der Waals surface area contributed by atoms with Crippen molar-refractivity contribution in [2.24, 2.45) is 11.3 Å². The minimum Gasteiger partial charge on any atom is -0.315 e. The third-order valence-electron chi connectivity index (χ3n) is 5.33. The van der Waals surface area contributed by atoms with Gasteiger partial charge in [0, 0.05) is 4.88 Å². The Balaban J connectivity index is 1.48. The van der Waals surface area contributed by atoms with Gasteiger partial charge in [-0.2, -0.15) is 10.1 Å². The number of nitrogens with zero attached hydrogens (tertiary/aromatic N) is 5. The second kappa shape index (κ2) is 7.69. The number of tetrazole rings is 1. The molecule has 0 bridgehead atoms. The van der Waals surface area contributed by atoms with Crippen molar-refractivity contribution in [2.75, 3.05) is 5.32 Å². The van der Waals surface area contributed by atoms with Gasteiger partial charge >= 0.3 is 0 Å². The van der Waals surface area contributed by atoms with Crippen molar-refractivity contribution < 1.29 is 4.79 Å². The standard InChI is InChI=1S/C20H22N6OS2/c1-20(2,3)12-6-7-13-14(10-21)19(29-16(13)9-12)22-17(27)11-26-24-18(23-25-26)15-5-4-8-28-15/h4-5,8,12H,6-7,9,11H2,1-3H3,(H,22,27)/t12-/m1/s1. The lowest BCUT2D eigenvalue weighted by Crippen LogP contribution is -2.26. The average molecular weight is 427 g/mol. The van der Waals surface area contributed by atoms with E-state index in [0.717, 1.165) is 29.7 Å². The maximum absolute atomic E-state index is 12.5. The van der Waals surface area contributed by atoms with Crippen LogP contribution in [0.2, 0.25) is 0 Å². The van der Waals surface area contributed by atoms with Crippen molar-refractivity contribution in [2.45, 2.75) is 46.6 Å². The minimum absolute atomic E-state index is 0.0452. The van der Waals surface area contributed by atoms with Gasteiger partial charge in [0.2, 0.25) is 11.7 Å². The number of fused-ring (bicyclic) bond motifs is 1. The monoisotopic (exact) mass is 426 g/mol. The molecule has 1 aliphatic rings. The highest BCUT2D eigenvalue weighted by atomic mass is 32.1. The molecule has 29 heavy (non-hydrogen) atoms. The topological polar surface area (TPSA) is 96.5 Å². The van der Waals surface area contributed by atoms with Gasteiger partial charge in [-0.3, -0.25) is 4.79 Å². The molecule has 3 heterocycles. The largest absolute Gasteiger partial charge is 0.315 e. The molecule has 9 heteroatoms. The van der Waals surface area contributed by atoms with Gasteiger partial charge in [-0.05, 0) is 52.8 Å². The molecule has 0 radical (unpaired) electrons. The Labute approximate surface area is 177 Å². The zero-order valence-corrected chi connectivity index (χ0v) is 18.2. The van der Waals surface area contributed by atoms with Gasteiger partial charge in [0.25, 0.3) is 0 Å². The highest BCUT2D eigenvalue weighted by Crippen LogP contribution is 2.43. The molecule has 0 spiro atoms. The molecule has 4 rings (SSSR count). The molecule has 3 aromatic heterocycles. The van der Waals surface area contributed by atoms with Crippen molar-refractivity contribution in [3.63, 3.8) is 0 Å². The number of rotatable bonds is 4. The lowest BCUT2D eigenvalue weighted by molar-refractivity contribution is -0.117. The Morgan fingerprint density at radius 1 is 1.45 bits per heavy atom. The van der Waals surface area contributed by atoms with Crippen LogP contribution in [0.15, 0.2) is 17.5 Å². The van der Waals surface area contributed by atoms with Crippen LogP contribution in [0.3, 0.4) is 0 Å². The summed E-state index contributed by atoms with van der Waals surface area (Å²) in [4.78, 5) is 15.9. The van der Waals surface area contributed by atoms with Crippen molar-refractivity contribution >= 4 is 33.6 Å². The highest BCUT2D eigenvalue weighted by Gasteiger charge is 2.32. The van der Waals surface area contributed by atoms with Crippen LogP contribution in [0.1, 0.15) is 43.2 Å². The van der Waals surface area contributed by atoms with Gasteiger partial charge in [-0.1, -0.05) is 26.8 Å². The van der Waals surface area contributed by atoms with Crippen LogP contribution >= 0.6 is 22.7 Å². The van der Waals surface area contributed by atoms with E-state index >= 15 is 0 Å². The first-order chi connectivity index (χ1) is 13.8. The average Bonchev–Trinajstić information content (AvgIpc) is 3.39. The summed E-state index contributed by atoms with van der Waals surface area (Å²) in [5.74, 6) is 0.826. The fraction of sp³-hybridized carbons (Fsp3) is 0.450. The number of nitriles is 1. The smallest absolute Gasteiger partial charge is 0.248 e. The predicted octanol–water partition coefficient (Wildman–Crippen LogP) is 4.12. The van der Waals surface area contributed by atoms with Crippen LogP contribution in [0.25, 0.3) is 10.7 Å². The number of aromatic nitrogens is 4. The first-order valence-corrected chi connectivity index (χ1v) is 11.2. The van der Waals surface area contributed by atoms with Crippen LogP contribution in [-0.4, -0.2) is 26.1 Å². The predicted molar refractivity (Wildman–Crippen MR) is 114 cm³/mol. The summed E-state index contributed by atoms with van der Waals surface area (Å²) >= 11 is 3.05. The summed E-state index contributed by atoms with van der Waals surface area (Å²) in [5.41, 5.74) is 1.94. The number of carbonyl (C=O) groups is 1. The fourth-order valence-corrected chi connectivity index (χ4v) is 5.58. The lowest BCUT2D eigenvalue weighted by atomic mass is 9.72. The van der Waals surface area contributed by atoms with E-state index in [1.807, 2.05) is 17.5 Å². The van der Waals surface area contributed by atoms with E-state index in [9.17, 15) is 10.1 Å². The first-order valence-electron chi connectivity index (χ1n) is 9.51. The molecule has 1 N–H and O–H groups in total.